The number of rotatable bonds is 4. The van der Waals surface area contributed by atoms with Crippen molar-refractivity contribution in [3.05, 3.63) is 17.0 Å². The summed E-state index contributed by atoms with van der Waals surface area (Å²) in [4.78, 5) is 0. The van der Waals surface area contributed by atoms with Crippen LogP contribution in [0.3, 0.4) is 0 Å². The minimum atomic E-state index is -0.477. The first-order chi connectivity index (χ1) is 10.1. The van der Waals surface area contributed by atoms with E-state index in [9.17, 15) is 5.11 Å². The van der Waals surface area contributed by atoms with Crippen molar-refractivity contribution in [2.75, 3.05) is 6.54 Å². The number of hydrogen-bond donors (Lipinski definition) is 2. The number of aliphatic hydroxyl groups is 1. The summed E-state index contributed by atoms with van der Waals surface area (Å²) in [6.07, 6.45) is 6.74. The molecular weight excluding hydrogens is 298 g/mol. The van der Waals surface area contributed by atoms with E-state index in [1.807, 2.05) is 23.1 Å². The molecule has 0 radical (unpaired) electrons. The van der Waals surface area contributed by atoms with Crippen molar-refractivity contribution < 1.29 is 5.11 Å². The van der Waals surface area contributed by atoms with Crippen LogP contribution in [0.1, 0.15) is 64.0 Å². The second kappa shape index (κ2) is 6.61. The Labute approximate surface area is 136 Å². The smallest absolute Gasteiger partial charge is 0.0772 e. The van der Waals surface area contributed by atoms with E-state index in [1.54, 1.807) is 0 Å². The fourth-order valence-corrected chi connectivity index (χ4v) is 6.22. The fraction of sp³-hybridized carbons (Fsp3) is 0.765. The monoisotopic (exact) mass is 325 g/mol. The molecule has 0 amide bonds. The third-order valence-corrected chi connectivity index (χ3v) is 7.54. The molecule has 2 heterocycles. The predicted octanol–water partition coefficient (Wildman–Crippen LogP) is 4.59. The van der Waals surface area contributed by atoms with Gasteiger partial charge in [-0.15, -0.1) is 23.1 Å². The molecule has 21 heavy (non-hydrogen) atoms. The Balaban J connectivity index is 1.58. The first kappa shape index (κ1) is 15.9. The molecule has 1 aromatic heterocycles. The number of fused-ring (bicyclic) bond motifs is 1. The van der Waals surface area contributed by atoms with Gasteiger partial charge >= 0.3 is 0 Å². The van der Waals surface area contributed by atoms with Crippen LogP contribution < -0.4 is 5.32 Å². The largest absolute Gasteiger partial charge is 0.389 e. The second-order valence-electron chi connectivity index (χ2n) is 6.84. The summed E-state index contributed by atoms with van der Waals surface area (Å²) in [5, 5.41) is 17.4. The van der Waals surface area contributed by atoms with Crippen LogP contribution in [0, 0.1) is 5.92 Å². The van der Waals surface area contributed by atoms with Gasteiger partial charge in [-0.05, 0) is 55.0 Å². The summed E-state index contributed by atoms with van der Waals surface area (Å²) >= 11 is 3.86. The maximum atomic E-state index is 10.8. The second-order valence-corrected chi connectivity index (χ2v) is 9.46. The van der Waals surface area contributed by atoms with Crippen LogP contribution in [0.2, 0.25) is 0 Å². The first-order valence-corrected chi connectivity index (χ1v) is 10.1. The van der Waals surface area contributed by atoms with E-state index >= 15 is 0 Å². The highest BCUT2D eigenvalue weighted by molar-refractivity contribution is 8.01. The van der Waals surface area contributed by atoms with Crippen LogP contribution in [-0.4, -0.2) is 22.5 Å². The number of thioether (sulfide) groups is 1. The van der Waals surface area contributed by atoms with E-state index in [4.69, 9.17) is 0 Å². The van der Waals surface area contributed by atoms with Gasteiger partial charge in [-0.25, -0.2) is 0 Å². The lowest BCUT2D eigenvalue weighted by molar-refractivity contribution is -0.0109. The zero-order chi connectivity index (χ0) is 14.9. The maximum Gasteiger partial charge on any atom is 0.0772 e. The Bertz CT molecular complexity index is 465. The van der Waals surface area contributed by atoms with Gasteiger partial charge in [0.1, 0.15) is 0 Å². The van der Waals surface area contributed by atoms with Crippen molar-refractivity contribution in [3.8, 4) is 0 Å². The van der Waals surface area contributed by atoms with E-state index in [-0.39, 0.29) is 0 Å². The summed E-state index contributed by atoms with van der Waals surface area (Å²) < 4.78 is 1.47. The fourth-order valence-electron chi connectivity index (χ4n) is 3.66. The average Bonchev–Trinajstić information content (AvgIpc) is 2.94. The molecule has 1 unspecified atom stereocenters. The van der Waals surface area contributed by atoms with Gasteiger partial charge < -0.3 is 10.4 Å². The van der Waals surface area contributed by atoms with Gasteiger partial charge in [0.05, 0.1) is 9.81 Å². The van der Waals surface area contributed by atoms with Gasteiger partial charge in [0.15, 0.2) is 0 Å². The molecular formula is C17H27NOS2. The van der Waals surface area contributed by atoms with Crippen molar-refractivity contribution >= 4 is 23.1 Å². The number of hydrogen-bond acceptors (Lipinski definition) is 4. The highest BCUT2D eigenvalue weighted by Gasteiger charge is 2.34. The van der Waals surface area contributed by atoms with E-state index in [0.29, 0.717) is 11.3 Å². The Morgan fingerprint density at radius 3 is 2.86 bits per heavy atom. The molecule has 0 saturated heterocycles. The van der Waals surface area contributed by atoms with Crippen molar-refractivity contribution in [2.24, 2.45) is 5.92 Å². The summed E-state index contributed by atoms with van der Waals surface area (Å²) in [6.45, 7) is 5.33. The molecule has 2 nitrogen and oxygen atoms in total. The van der Waals surface area contributed by atoms with Crippen LogP contribution in [-0.2, 0) is 0 Å². The number of thiophene rings is 1. The van der Waals surface area contributed by atoms with Crippen LogP contribution in [0.25, 0.3) is 0 Å². The Morgan fingerprint density at radius 2 is 2.14 bits per heavy atom. The SMILES string of the molecule is CCC1CCC(O)(CNC2C[C@H](C)Sc3sccc32)CC1. The van der Waals surface area contributed by atoms with E-state index in [2.05, 4.69) is 30.6 Å². The van der Waals surface area contributed by atoms with E-state index in [0.717, 1.165) is 25.3 Å². The van der Waals surface area contributed by atoms with Crippen molar-refractivity contribution in [3.63, 3.8) is 0 Å². The van der Waals surface area contributed by atoms with E-state index in [1.165, 1.54) is 35.5 Å². The van der Waals surface area contributed by atoms with Crippen LogP contribution in [0.5, 0.6) is 0 Å². The first-order valence-electron chi connectivity index (χ1n) is 8.29. The van der Waals surface area contributed by atoms with Crippen molar-refractivity contribution in [2.45, 2.75) is 73.5 Å². The molecule has 0 spiro atoms. The Hall–Kier alpha value is -0.0300. The van der Waals surface area contributed by atoms with Gasteiger partial charge in [-0.1, -0.05) is 20.3 Å². The molecule has 1 fully saturated rings. The lowest BCUT2D eigenvalue weighted by Gasteiger charge is -2.38. The average molecular weight is 326 g/mol. The van der Waals surface area contributed by atoms with Crippen LogP contribution in [0.15, 0.2) is 15.7 Å². The third kappa shape index (κ3) is 3.66. The molecule has 0 bridgehead atoms. The number of nitrogens with one attached hydrogen (secondary N) is 1. The molecule has 118 valence electrons. The third-order valence-electron chi connectivity index (χ3n) is 5.20. The van der Waals surface area contributed by atoms with Gasteiger partial charge in [-0.3, -0.25) is 0 Å². The lowest BCUT2D eigenvalue weighted by atomic mass is 9.77. The van der Waals surface area contributed by atoms with Gasteiger partial charge in [0.25, 0.3) is 0 Å². The summed E-state index contributed by atoms with van der Waals surface area (Å²) in [5.74, 6) is 0.833. The summed E-state index contributed by atoms with van der Waals surface area (Å²) in [5.41, 5.74) is 0.976. The zero-order valence-corrected chi connectivity index (χ0v) is 14.7. The molecule has 2 N–H and O–H groups in total. The molecule has 2 aliphatic rings. The van der Waals surface area contributed by atoms with Gasteiger partial charge in [-0.2, -0.15) is 0 Å². The molecule has 4 heteroatoms. The topological polar surface area (TPSA) is 32.3 Å². The van der Waals surface area contributed by atoms with Crippen LogP contribution in [0.4, 0.5) is 0 Å². The molecule has 3 rings (SSSR count). The van der Waals surface area contributed by atoms with Gasteiger partial charge in [0.2, 0.25) is 0 Å². The Morgan fingerprint density at radius 1 is 1.38 bits per heavy atom. The maximum absolute atomic E-state index is 10.8. The predicted molar refractivity (Wildman–Crippen MR) is 92.2 cm³/mol. The quantitative estimate of drug-likeness (QED) is 0.849. The zero-order valence-electron chi connectivity index (χ0n) is 13.1. The van der Waals surface area contributed by atoms with Crippen LogP contribution >= 0.6 is 23.1 Å². The van der Waals surface area contributed by atoms with Crippen molar-refractivity contribution in [1.29, 1.82) is 0 Å². The lowest BCUT2D eigenvalue weighted by Crippen LogP contribution is -2.45. The minimum Gasteiger partial charge on any atom is -0.389 e. The highest BCUT2D eigenvalue weighted by Crippen LogP contribution is 2.44. The molecule has 1 aromatic rings. The van der Waals surface area contributed by atoms with E-state index < -0.39 is 5.60 Å². The summed E-state index contributed by atoms with van der Waals surface area (Å²) in [6, 6.07) is 2.68. The molecule has 1 aliphatic heterocycles. The highest BCUT2D eigenvalue weighted by atomic mass is 32.2. The Kier molecular flexibility index (Phi) is 4.99. The minimum absolute atomic E-state index is 0.426. The van der Waals surface area contributed by atoms with Gasteiger partial charge in [0, 0.05) is 17.8 Å². The normalized spacial score (nSPS) is 36.4. The standard InChI is InChI=1S/C17H27NOS2/c1-3-13-4-7-17(19,8-5-13)11-18-15-10-12(2)21-16-14(15)6-9-20-16/h6,9,12-13,15,18-19H,3-5,7-8,10-11H2,1-2H3/t12-,13?,15?,17?/m0/s1. The molecule has 0 aromatic carbocycles. The van der Waals surface area contributed by atoms with Crippen molar-refractivity contribution in [1.82, 2.24) is 5.32 Å². The molecule has 2 atom stereocenters. The molecule has 1 aliphatic carbocycles. The molecule has 1 saturated carbocycles. The summed E-state index contributed by atoms with van der Waals surface area (Å²) in [7, 11) is 0.